The third-order valence-electron chi connectivity index (χ3n) is 1.75. The Balaban J connectivity index is 4.76. The molecule has 0 heterocycles. The molecule has 0 rings (SSSR count). The maximum atomic E-state index is 12.3. The highest BCUT2D eigenvalue weighted by Gasteiger charge is 2.29. The fourth-order valence-corrected chi connectivity index (χ4v) is 3.38. The molecule has 0 fully saturated rings. The molecule has 0 bridgehead atoms. The van der Waals surface area contributed by atoms with E-state index in [4.69, 9.17) is 0 Å². The lowest BCUT2D eigenvalue weighted by molar-refractivity contribution is -0.124. The van der Waals surface area contributed by atoms with Crippen LogP contribution in [-0.4, -0.2) is 30.2 Å². The molecule has 6 heteroatoms. The van der Waals surface area contributed by atoms with Crippen molar-refractivity contribution in [2.24, 2.45) is 0 Å². The van der Waals surface area contributed by atoms with Crippen LogP contribution in [0.2, 0.25) is 0 Å². The van der Waals surface area contributed by atoms with E-state index >= 15 is 0 Å². The monoisotopic (exact) mass is 221 g/mol. The van der Waals surface area contributed by atoms with Gasteiger partial charge in [-0.2, -0.15) is 0 Å². The van der Waals surface area contributed by atoms with Gasteiger partial charge in [0.15, 0.2) is 0 Å². The third-order valence-corrected chi connectivity index (χ3v) is 4.48. The zero-order valence-electron chi connectivity index (χ0n) is 9.33. The third kappa shape index (κ3) is 3.40. The van der Waals surface area contributed by atoms with E-state index in [0.29, 0.717) is 19.6 Å². The Morgan fingerprint density at radius 3 is 1.86 bits per heavy atom. The average Bonchev–Trinajstić information content (AvgIpc) is 2.04. The van der Waals surface area contributed by atoms with Crippen LogP contribution in [0.1, 0.15) is 27.7 Å². The first kappa shape index (κ1) is 13.6. The molecule has 0 aromatic carbocycles. The lowest BCUT2D eigenvalue weighted by Crippen LogP contribution is -2.38. The highest BCUT2D eigenvalue weighted by atomic mass is 31.2. The summed E-state index contributed by atoms with van der Waals surface area (Å²) in [4.78, 5) is 11.2. The average molecular weight is 221 g/mol. The van der Waals surface area contributed by atoms with Gasteiger partial charge in [-0.1, -0.05) is 13.8 Å². The van der Waals surface area contributed by atoms with Crippen LogP contribution in [0.25, 0.3) is 0 Å². The van der Waals surface area contributed by atoms with E-state index in [0.717, 1.165) is 0 Å². The molecular weight excluding hydrogens is 201 g/mol. The normalized spacial score (nSPS) is 11.4. The second-order valence-electron chi connectivity index (χ2n) is 2.83. The Hall–Kier alpha value is -0.380. The van der Waals surface area contributed by atoms with Crippen molar-refractivity contribution in [2.45, 2.75) is 27.7 Å². The summed E-state index contributed by atoms with van der Waals surface area (Å²) in [6, 6.07) is 0. The summed E-state index contributed by atoms with van der Waals surface area (Å²) in [5.74, 6) is -0.183. The van der Waals surface area contributed by atoms with Crippen LogP contribution in [0.3, 0.4) is 0 Å². The van der Waals surface area contributed by atoms with E-state index < -0.39 is 7.59 Å². The van der Waals surface area contributed by atoms with Crippen molar-refractivity contribution in [3.8, 4) is 0 Å². The smallest absolute Gasteiger partial charge is 0.275 e. The molecule has 0 aromatic heterocycles. The van der Waals surface area contributed by atoms with Crippen LogP contribution in [0.5, 0.6) is 0 Å². The van der Waals surface area contributed by atoms with Crippen LogP contribution < -0.4 is 10.2 Å². The van der Waals surface area contributed by atoms with Crippen molar-refractivity contribution in [3.63, 3.8) is 0 Å². The molecule has 0 aliphatic rings. The van der Waals surface area contributed by atoms with Gasteiger partial charge >= 0.3 is 7.59 Å². The molecule has 0 saturated heterocycles. The summed E-state index contributed by atoms with van der Waals surface area (Å²) in [5, 5.41) is 5.68. The van der Waals surface area contributed by atoms with E-state index in [1.807, 2.05) is 20.8 Å². The lowest BCUT2D eigenvalue weighted by atomic mass is 10.6. The molecule has 2 N–H and O–H groups in total. The quantitative estimate of drug-likeness (QED) is 0.661. The van der Waals surface area contributed by atoms with Gasteiger partial charge in [-0.05, 0) is 6.92 Å². The highest BCUT2D eigenvalue weighted by molar-refractivity contribution is 7.58. The first-order chi connectivity index (χ1) is 6.51. The molecule has 5 nitrogen and oxygen atoms in total. The zero-order chi connectivity index (χ0) is 11.2. The number of hydrogen-bond acceptors (Lipinski definition) is 2. The summed E-state index contributed by atoms with van der Waals surface area (Å²) in [6.45, 7) is 8.51. The van der Waals surface area contributed by atoms with E-state index in [1.54, 1.807) is 0 Å². The number of carbonyl (C=O) groups excluding carboxylic acids is 1. The highest BCUT2D eigenvalue weighted by Crippen LogP contribution is 2.40. The second-order valence-corrected chi connectivity index (χ2v) is 5.10. The first-order valence-corrected chi connectivity index (χ1v) is 6.56. The SMILES string of the molecule is CCNP(=O)(NCC)N(CC)C(C)=O. The Morgan fingerprint density at radius 1 is 1.21 bits per heavy atom. The van der Waals surface area contributed by atoms with Gasteiger partial charge < -0.3 is 0 Å². The number of hydrogen-bond donors (Lipinski definition) is 2. The van der Waals surface area contributed by atoms with Crippen LogP contribution in [0.4, 0.5) is 0 Å². The summed E-state index contributed by atoms with van der Waals surface area (Å²) in [6.07, 6.45) is 0. The predicted octanol–water partition coefficient (Wildman–Crippen LogP) is 1.18. The van der Waals surface area contributed by atoms with Crippen molar-refractivity contribution in [1.29, 1.82) is 0 Å². The van der Waals surface area contributed by atoms with Gasteiger partial charge in [-0.15, -0.1) is 0 Å². The van der Waals surface area contributed by atoms with Gasteiger partial charge in [0.25, 0.3) is 0 Å². The van der Waals surface area contributed by atoms with Gasteiger partial charge in [-0.25, -0.2) is 10.2 Å². The summed E-state index contributed by atoms with van der Waals surface area (Å²) in [5.41, 5.74) is 0. The van der Waals surface area contributed by atoms with Crippen molar-refractivity contribution in [2.75, 3.05) is 19.6 Å². The van der Waals surface area contributed by atoms with E-state index in [-0.39, 0.29) is 5.91 Å². The molecule has 0 saturated carbocycles. The number of nitrogens with one attached hydrogen (secondary N) is 2. The summed E-state index contributed by atoms with van der Waals surface area (Å²) in [7, 11) is -2.90. The largest absolute Gasteiger partial charge is 0.308 e. The first-order valence-electron chi connectivity index (χ1n) is 4.90. The Bertz CT molecular complexity index is 223. The fraction of sp³-hybridized carbons (Fsp3) is 0.875. The van der Waals surface area contributed by atoms with Gasteiger partial charge in [-0.3, -0.25) is 14.0 Å². The summed E-state index contributed by atoms with van der Waals surface area (Å²) < 4.78 is 13.6. The van der Waals surface area contributed by atoms with E-state index in [1.165, 1.54) is 11.6 Å². The maximum Gasteiger partial charge on any atom is 0.308 e. The molecule has 1 amide bonds. The molecule has 0 aromatic rings. The zero-order valence-corrected chi connectivity index (χ0v) is 10.2. The topological polar surface area (TPSA) is 61.4 Å². The van der Waals surface area contributed by atoms with Gasteiger partial charge in [0, 0.05) is 26.6 Å². The standard InChI is InChI=1S/C8H20N3O2P/c1-5-9-14(13,10-6-2)11(7-3)8(4)12/h5-7H2,1-4H3,(H2,9,10,13). The predicted molar refractivity (Wildman–Crippen MR) is 58.0 cm³/mol. The number of rotatable bonds is 6. The van der Waals surface area contributed by atoms with Crippen molar-refractivity contribution in [1.82, 2.24) is 14.8 Å². The molecular formula is C8H20N3O2P. The molecule has 0 aliphatic carbocycles. The molecule has 0 radical (unpaired) electrons. The van der Waals surface area contributed by atoms with Gasteiger partial charge in [0.1, 0.15) is 0 Å². The molecule has 0 unspecified atom stereocenters. The minimum atomic E-state index is -2.90. The van der Waals surface area contributed by atoms with E-state index in [9.17, 15) is 9.36 Å². The number of carbonyl (C=O) groups is 1. The van der Waals surface area contributed by atoms with Crippen LogP contribution in [-0.2, 0) is 9.36 Å². The summed E-state index contributed by atoms with van der Waals surface area (Å²) >= 11 is 0. The van der Waals surface area contributed by atoms with Crippen molar-refractivity contribution in [3.05, 3.63) is 0 Å². The number of amides is 1. The van der Waals surface area contributed by atoms with Crippen LogP contribution in [0.15, 0.2) is 0 Å². The van der Waals surface area contributed by atoms with Gasteiger partial charge in [0.2, 0.25) is 5.91 Å². The fourth-order valence-electron chi connectivity index (χ4n) is 1.28. The van der Waals surface area contributed by atoms with Crippen molar-refractivity contribution >= 4 is 13.5 Å². The Labute approximate surface area is 85.8 Å². The number of nitrogens with zero attached hydrogens (tertiary/aromatic N) is 1. The minimum absolute atomic E-state index is 0.183. The van der Waals surface area contributed by atoms with Gasteiger partial charge in [0.05, 0.1) is 0 Å². The lowest BCUT2D eigenvalue weighted by Gasteiger charge is -2.30. The molecule has 84 valence electrons. The van der Waals surface area contributed by atoms with Crippen LogP contribution >= 0.6 is 7.59 Å². The Morgan fingerprint density at radius 2 is 1.64 bits per heavy atom. The Kier molecular flexibility index (Phi) is 6.00. The molecule has 0 atom stereocenters. The minimum Gasteiger partial charge on any atom is -0.275 e. The molecule has 0 aliphatic heterocycles. The maximum absolute atomic E-state index is 12.3. The molecule has 0 spiro atoms. The second kappa shape index (κ2) is 6.17. The van der Waals surface area contributed by atoms with E-state index in [2.05, 4.69) is 10.2 Å². The molecule has 14 heavy (non-hydrogen) atoms. The van der Waals surface area contributed by atoms with Crippen LogP contribution in [0, 0.1) is 0 Å². The van der Waals surface area contributed by atoms with Crippen molar-refractivity contribution < 1.29 is 9.36 Å².